The SMILES string of the molecule is CC(C)(SCc1cc(-c2ccccc2)no1)[C@H](N)C(=O)O. The van der Waals surface area contributed by atoms with E-state index >= 15 is 0 Å². The highest BCUT2D eigenvalue weighted by atomic mass is 32.2. The molecule has 1 aromatic carbocycles. The van der Waals surface area contributed by atoms with E-state index < -0.39 is 16.8 Å². The summed E-state index contributed by atoms with van der Waals surface area (Å²) in [4.78, 5) is 11.0. The van der Waals surface area contributed by atoms with E-state index in [2.05, 4.69) is 5.16 Å². The van der Waals surface area contributed by atoms with Crippen LogP contribution in [0.3, 0.4) is 0 Å². The Balaban J connectivity index is 2.02. The molecule has 1 heterocycles. The Kier molecular flexibility index (Phi) is 4.69. The maximum Gasteiger partial charge on any atom is 0.321 e. The third-order valence-corrected chi connectivity index (χ3v) is 4.66. The average molecular weight is 306 g/mol. The second-order valence-corrected chi connectivity index (χ2v) is 6.88. The fraction of sp³-hybridized carbons (Fsp3) is 0.333. The number of aromatic nitrogens is 1. The molecule has 0 radical (unpaired) electrons. The summed E-state index contributed by atoms with van der Waals surface area (Å²) in [6, 6.07) is 10.7. The van der Waals surface area contributed by atoms with Crippen LogP contribution < -0.4 is 5.73 Å². The summed E-state index contributed by atoms with van der Waals surface area (Å²) in [6.07, 6.45) is 0. The van der Waals surface area contributed by atoms with Gasteiger partial charge in [0.1, 0.15) is 17.5 Å². The molecule has 0 saturated heterocycles. The van der Waals surface area contributed by atoms with Crippen molar-refractivity contribution in [2.45, 2.75) is 30.4 Å². The predicted molar refractivity (Wildman–Crippen MR) is 82.9 cm³/mol. The second-order valence-electron chi connectivity index (χ2n) is 5.25. The van der Waals surface area contributed by atoms with Crippen molar-refractivity contribution in [1.82, 2.24) is 5.16 Å². The molecule has 21 heavy (non-hydrogen) atoms. The summed E-state index contributed by atoms with van der Waals surface area (Å²) in [7, 11) is 0. The Labute approximate surface area is 127 Å². The van der Waals surface area contributed by atoms with Gasteiger partial charge in [-0.15, -0.1) is 11.8 Å². The molecule has 0 aliphatic rings. The standard InChI is InChI=1S/C15H18N2O3S/c1-15(2,13(16)14(18)19)21-9-11-8-12(17-20-11)10-6-4-3-5-7-10/h3-8,13H,9,16H2,1-2H3,(H,18,19)/t13-/m1/s1. The van der Waals surface area contributed by atoms with Gasteiger partial charge in [-0.3, -0.25) is 4.79 Å². The largest absolute Gasteiger partial charge is 0.480 e. The Hall–Kier alpha value is -1.79. The Bertz CT molecular complexity index is 610. The molecule has 6 heteroatoms. The number of carboxylic acids is 1. The number of rotatable bonds is 6. The molecular weight excluding hydrogens is 288 g/mol. The Morgan fingerprint density at radius 2 is 2.10 bits per heavy atom. The van der Waals surface area contributed by atoms with Gasteiger partial charge in [-0.05, 0) is 13.8 Å². The fourth-order valence-corrected chi connectivity index (χ4v) is 2.70. The number of aliphatic carboxylic acids is 1. The fourth-order valence-electron chi connectivity index (χ4n) is 1.77. The molecule has 0 aliphatic heterocycles. The zero-order valence-corrected chi connectivity index (χ0v) is 12.8. The number of benzene rings is 1. The zero-order valence-electron chi connectivity index (χ0n) is 11.9. The van der Waals surface area contributed by atoms with E-state index in [1.54, 1.807) is 0 Å². The van der Waals surface area contributed by atoms with Crippen LogP contribution in [0, 0.1) is 0 Å². The Morgan fingerprint density at radius 3 is 2.71 bits per heavy atom. The van der Waals surface area contributed by atoms with Crippen molar-refractivity contribution in [2.24, 2.45) is 5.73 Å². The molecule has 1 aromatic heterocycles. The first-order valence-electron chi connectivity index (χ1n) is 6.53. The van der Waals surface area contributed by atoms with Crippen molar-refractivity contribution in [3.63, 3.8) is 0 Å². The molecule has 0 spiro atoms. The minimum atomic E-state index is -1.00. The van der Waals surface area contributed by atoms with Gasteiger partial charge in [-0.1, -0.05) is 35.5 Å². The maximum atomic E-state index is 11.0. The highest BCUT2D eigenvalue weighted by molar-refractivity contribution is 7.99. The molecule has 112 valence electrons. The molecule has 0 fully saturated rings. The first-order chi connectivity index (χ1) is 9.90. The third kappa shape index (κ3) is 3.86. The highest BCUT2D eigenvalue weighted by Gasteiger charge is 2.32. The van der Waals surface area contributed by atoms with Crippen molar-refractivity contribution >= 4 is 17.7 Å². The molecule has 2 aromatic rings. The normalized spacial score (nSPS) is 13.1. The average Bonchev–Trinajstić information content (AvgIpc) is 2.94. The number of hydrogen-bond acceptors (Lipinski definition) is 5. The molecule has 2 rings (SSSR count). The van der Waals surface area contributed by atoms with E-state index in [0.717, 1.165) is 11.3 Å². The topological polar surface area (TPSA) is 89.4 Å². The van der Waals surface area contributed by atoms with Gasteiger partial charge in [-0.2, -0.15) is 0 Å². The second kappa shape index (κ2) is 6.32. The highest BCUT2D eigenvalue weighted by Crippen LogP contribution is 2.31. The smallest absolute Gasteiger partial charge is 0.321 e. The van der Waals surface area contributed by atoms with Crippen LogP contribution in [0.5, 0.6) is 0 Å². The van der Waals surface area contributed by atoms with Crippen LogP contribution in [0.2, 0.25) is 0 Å². The number of carbonyl (C=O) groups is 1. The quantitative estimate of drug-likeness (QED) is 0.853. The van der Waals surface area contributed by atoms with Crippen LogP contribution in [-0.2, 0) is 10.5 Å². The number of hydrogen-bond donors (Lipinski definition) is 2. The molecule has 0 aliphatic carbocycles. The molecule has 0 bridgehead atoms. The van der Waals surface area contributed by atoms with Crippen LogP contribution in [0.1, 0.15) is 19.6 Å². The zero-order chi connectivity index (χ0) is 15.5. The van der Waals surface area contributed by atoms with Gasteiger partial charge >= 0.3 is 5.97 Å². The van der Waals surface area contributed by atoms with Crippen molar-refractivity contribution < 1.29 is 14.4 Å². The van der Waals surface area contributed by atoms with Crippen LogP contribution in [0.25, 0.3) is 11.3 Å². The minimum absolute atomic E-state index is 0.522. The molecule has 5 nitrogen and oxygen atoms in total. The summed E-state index contributed by atoms with van der Waals surface area (Å²) >= 11 is 1.44. The number of carboxylic acid groups (broad SMARTS) is 1. The summed E-state index contributed by atoms with van der Waals surface area (Å²) < 4.78 is 4.70. The van der Waals surface area contributed by atoms with Crippen LogP contribution in [0.4, 0.5) is 0 Å². The molecule has 0 saturated carbocycles. The number of nitrogens with two attached hydrogens (primary N) is 1. The van der Waals surface area contributed by atoms with Crippen molar-refractivity contribution in [1.29, 1.82) is 0 Å². The summed E-state index contributed by atoms with van der Waals surface area (Å²) in [5.74, 6) is 0.216. The van der Waals surface area contributed by atoms with E-state index in [0.29, 0.717) is 11.5 Å². The number of nitrogens with zero attached hydrogens (tertiary/aromatic N) is 1. The van der Waals surface area contributed by atoms with Crippen LogP contribution >= 0.6 is 11.8 Å². The van der Waals surface area contributed by atoms with E-state index in [1.807, 2.05) is 50.2 Å². The van der Waals surface area contributed by atoms with Gasteiger partial charge in [0.25, 0.3) is 0 Å². The minimum Gasteiger partial charge on any atom is -0.480 e. The van der Waals surface area contributed by atoms with Crippen molar-refractivity contribution in [2.75, 3.05) is 0 Å². The van der Waals surface area contributed by atoms with Gasteiger partial charge < -0.3 is 15.4 Å². The molecular formula is C15H18N2O3S. The van der Waals surface area contributed by atoms with Gasteiger partial charge in [-0.25, -0.2) is 0 Å². The van der Waals surface area contributed by atoms with E-state index in [1.165, 1.54) is 11.8 Å². The first-order valence-corrected chi connectivity index (χ1v) is 7.52. The lowest BCUT2D eigenvalue weighted by atomic mass is 10.1. The van der Waals surface area contributed by atoms with Crippen LogP contribution in [-0.4, -0.2) is 27.0 Å². The number of thioether (sulfide) groups is 1. The summed E-state index contributed by atoms with van der Waals surface area (Å²) in [5, 5.41) is 13.0. The monoisotopic (exact) mass is 306 g/mol. The lowest BCUT2D eigenvalue weighted by Crippen LogP contribution is -2.46. The van der Waals surface area contributed by atoms with E-state index in [-0.39, 0.29) is 0 Å². The molecule has 0 amide bonds. The predicted octanol–water partition coefficient (Wildman–Crippen LogP) is 2.77. The lowest BCUT2D eigenvalue weighted by molar-refractivity contribution is -0.139. The van der Waals surface area contributed by atoms with Crippen molar-refractivity contribution in [3.8, 4) is 11.3 Å². The van der Waals surface area contributed by atoms with E-state index in [9.17, 15) is 4.79 Å². The van der Waals surface area contributed by atoms with Gasteiger partial charge in [0, 0.05) is 16.4 Å². The van der Waals surface area contributed by atoms with Gasteiger partial charge in [0.05, 0.1) is 5.75 Å². The van der Waals surface area contributed by atoms with Crippen molar-refractivity contribution in [3.05, 3.63) is 42.2 Å². The van der Waals surface area contributed by atoms with Gasteiger partial charge in [0.15, 0.2) is 0 Å². The third-order valence-electron chi connectivity index (χ3n) is 3.23. The first kappa shape index (κ1) is 15.6. The summed E-state index contributed by atoms with van der Waals surface area (Å²) in [5.41, 5.74) is 7.44. The maximum absolute atomic E-state index is 11.0. The Morgan fingerprint density at radius 1 is 1.43 bits per heavy atom. The molecule has 1 atom stereocenters. The van der Waals surface area contributed by atoms with Crippen LogP contribution in [0.15, 0.2) is 40.9 Å². The van der Waals surface area contributed by atoms with Gasteiger partial charge in [0.2, 0.25) is 0 Å². The molecule has 0 unspecified atom stereocenters. The van der Waals surface area contributed by atoms with E-state index in [4.69, 9.17) is 15.4 Å². The molecule has 3 N–H and O–H groups in total. The summed E-state index contributed by atoms with van der Waals surface area (Å²) in [6.45, 7) is 3.62. The lowest BCUT2D eigenvalue weighted by Gasteiger charge is -2.27.